The highest BCUT2D eigenvalue weighted by molar-refractivity contribution is 5.53. The van der Waals surface area contributed by atoms with Crippen LogP contribution in [0.4, 0.5) is 5.69 Å². The SMILES string of the molecule is Cc1nn(C(C)C)c(C)c1NC1CCN(C(C)C)CC1. The van der Waals surface area contributed by atoms with Crippen LogP contribution < -0.4 is 5.32 Å². The van der Waals surface area contributed by atoms with Crippen LogP contribution in [0.3, 0.4) is 0 Å². The Morgan fingerprint density at radius 2 is 1.65 bits per heavy atom. The Hall–Kier alpha value is -1.03. The van der Waals surface area contributed by atoms with E-state index >= 15 is 0 Å². The second kappa shape index (κ2) is 6.17. The van der Waals surface area contributed by atoms with Crippen LogP contribution in [0.15, 0.2) is 0 Å². The van der Waals surface area contributed by atoms with Gasteiger partial charge in [-0.05, 0) is 54.4 Å². The Balaban J connectivity index is 2.01. The molecule has 2 heterocycles. The maximum absolute atomic E-state index is 4.66. The van der Waals surface area contributed by atoms with Crippen LogP contribution in [0.1, 0.15) is 58.0 Å². The molecule has 4 nitrogen and oxygen atoms in total. The van der Waals surface area contributed by atoms with E-state index in [4.69, 9.17) is 0 Å². The van der Waals surface area contributed by atoms with Gasteiger partial charge in [-0.15, -0.1) is 0 Å². The Morgan fingerprint density at radius 1 is 1.05 bits per heavy atom. The molecule has 0 unspecified atom stereocenters. The zero-order chi connectivity index (χ0) is 14.9. The summed E-state index contributed by atoms with van der Waals surface area (Å²) >= 11 is 0. The summed E-state index contributed by atoms with van der Waals surface area (Å²) in [5.74, 6) is 0. The van der Waals surface area contributed by atoms with Crippen LogP contribution in [-0.4, -0.2) is 39.9 Å². The van der Waals surface area contributed by atoms with Crippen molar-refractivity contribution >= 4 is 5.69 Å². The Kier molecular flexibility index (Phi) is 4.74. The van der Waals surface area contributed by atoms with Gasteiger partial charge in [0.15, 0.2) is 0 Å². The van der Waals surface area contributed by atoms with Crippen LogP contribution in [0.2, 0.25) is 0 Å². The summed E-state index contributed by atoms with van der Waals surface area (Å²) in [5, 5.41) is 8.40. The molecular formula is C16H30N4. The lowest BCUT2D eigenvalue weighted by molar-refractivity contribution is 0.177. The maximum Gasteiger partial charge on any atom is 0.0828 e. The van der Waals surface area contributed by atoms with E-state index in [2.05, 4.69) is 61.5 Å². The van der Waals surface area contributed by atoms with Gasteiger partial charge < -0.3 is 10.2 Å². The molecule has 1 N–H and O–H groups in total. The first-order valence-electron chi connectivity index (χ1n) is 7.96. The van der Waals surface area contributed by atoms with E-state index in [0.29, 0.717) is 18.1 Å². The van der Waals surface area contributed by atoms with E-state index in [1.54, 1.807) is 0 Å². The molecule has 0 amide bonds. The lowest BCUT2D eigenvalue weighted by Crippen LogP contribution is -2.42. The molecular weight excluding hydrogens is 248 g/mol. The first-order chi connectivity index (χ1) is 9.40. The van der Waals surface area contributed by atoms with Gasteiger partial charge in [0.05, 0.1) is 17.1 Å². The number of anilines is 1. The van der Waals surface area contributed by atoms with Gasteiger partial charge in [0, 0.05) is 31.2 Å². The Morgan fingerprint density at radius 3 is 2.10 bits per heavy atom. The fraction of sp³-hybridized carbons (Fsp3) is 0.812. The molecule has 0 spiro atoms. The number of nitrogens with zero attached hydrogens (tertiary/aromatic N) is 3. The highest BCUT2D eigenvalue weighted by Crippen LogP contribution is 2.25. The minimum atomic E-state index is 0.423. The lowest BCUT2D eigenvalue weighted by atomic mass is 10.0. The summed E-state index contributed by atoms with van der Waals surface area (Å²) < 4.78 is 2.13. The van der Waals surface area contributed by atoms with E-state index in [0.717, 1.165) is 5.69 Å². The smallest absolute Gasteiger partial charge is 0.0828 e. The standard InChI is InChI=1S/C16H30N4/c1-11(2)19-9-7-15(8-10-19)17-16-13(5)18-20(12(3)4)14(16)6/h11-12,15,17H,7-10H2,1-6H3. The Labute approximate surface area is 123 Å². The Bertz CT molecular complexity index is 440. The molecule has 0 aromatic carbocycles. The number of aryl methyl sites for hydroxylation is 1. The summed E-state index contributed by atoms with van der Waals surface area (Å²) in [7, 11) is 0. The van der Waals surface area contributed by atoms with E-state index < -0.39 is 0 Å². The molecule has 1 saturated heterocycles. The highest BCUT2D eigenvalue weighted by Gasteiger charge is 2.23. The maximum atomic E-state index is 4.66. The number of rotatable bonds is 4. The van der Waals surface area contributed by atoms with Crippen molar-refractivity contribution in [3.05, 3.63) is 11.4 Å². The van der Waals surface area contributed by atoms with Gasteiger partial charge in [-0.3, -0.25) is 4.68 Å². The average Bonchev–Trinajstić information content (AvgIpc) is 2.67. The minimum absolute atomic E-state index is 0.423. The first-order valence-corrected chi connectivity index (χ1v) is 7.96. The van der Waals surface area contributed by atoms with Crippen molar-refractivity contribution in [2.45, 2.75) is 72.5 Å². The first kappa shape index (κ1) is 15.4. The summed E-state index contributed by atoms with van der Waals surface area (Å²) in [5.41, 5.74) is 3.65. The zero-order valence-electron chi connectivity index (χ0n) is 13.9. The second-order valence-corrected chi connectivity index (χ2v) is 6.63. The van der Waals surface area contributed by atoms with Gasteiger partial charge in [-0.1, -0.05) is 0 Å². The minimum Gasteiger partial charge on any atom is -0.379 e. The molecule has 1 aliphatic heterocycles. The fourth-order valence-electron chi connectivity index (χ4n) is 3.14. The van der Waals surface area contributed by atoms with E-state index in [9.17, 15) is 0 Å². The molecule has 20 heavy (non-hydrogen) atoms. The molecule has 114 valence electrons. The average molecular weight is 278 g/mol. The van der Waals surface area contributed by atoms with Crippen molar-refractivity contribution in [3.8, 4) is 0 Å². The van der Waals surface area contributed by atoms with Crippen molar-refractivity contribution in [2.75, 3.05) is 18.4 Å². The van der Waals surface area contributed by atoms with E-state index in [1.807, 2.05) is 0 Å². The molecule has 0 saturated carbocycles. The fourth-order valence-corrected chi connectivity index (χ4v) is 3.14. The van der Waals surface area contributed by atoms with Gasteiger partial charge in [0.25, 0.3) is 0 Å². The lowest BCUT2D eigenvalue weighted by Gasteiger charge is -2.35. The molecule has 1 fully saturated rings. The van der Waals surface area contributed by atoms with Crippen LogP contribution in [0.25, 0.3) is 0 Å². The third-order valence-electron chi connectivity index (χ3n) is 4.42. The number of hydrogen-bond donors (Lipinski definition) is 1. The summed E-state index contributed by atoms with van der Waals surface area (Å²) in [6.07, 6.45) is 2.45. The van der Waals surface area contributed by atoms with Crippen molar-refractivity contribution < 1.29 is 0 Å². The van der Waals surface area contributed by atoms with Crippen molar-refractivity contribution in [1.29, 1.82) is 0 Å². The predicted molar refractivity (Wildman–Crippen MR) is 85.4 cm³/mol. The molecule has 1 aromatic heterocycles. The van der Waals surface area contributed by atoms with E-state index in [-0.39, 0.29) is 0 Å². The number of hydrogen-bond acceptors (Lipinski definition) is 3. The largest absolute Gasteiger partial charge is 0.379 e. The van der Waals surface area contributed by atoms with Crippen LogP contribution in [0.5, 0.6) is 0 Å². The molecule has 1 aliphatic rings. The van der Waals surface area contributed by atoms with Gasteiger partial charge in [-0.25, -0.2) is 0 Å². The number of nitrogens with one attached hydrogen (secondary N) is 1. The number of likely N-dealkylation sites (tertiary alicyclic amines) is 1. The monoisotopic (exact) mass is 278 g/mol. The predicted octanol–water partition coefficient (Wildman–Crippen LogP) is 3.37. The summed E-state index contributed by atoms with van der Waals surface area (Å²) in [6, 6.07) is 1.68. The van der Waals surface area contributed by atoms with Gasteiger partial charge in [0.1, 0.15) is 0 Å². The normalized spacial score (nSPS) is 18.2. The molecule has 2 rings (SSSR count). The third kappa shape index (κ3) is 3.17. The highest BCUT2D eigenvalue weighted by atomic mass is 15.3. The van der Waals surface area contributed by atoms with Crippen molar-refractivity contribution in [1.82, 2.24) is 14.7 Å². The van der Waals surface area contributed by atoms with Crippen LogP contribution in [-0.2, 0) is 0 Å². The van der Waals surface area contributed by atoms with Gasteiger partial charge in [0.2, 0.25) is 0 Å². The number of piperidine rings is 1. The molecule has 0 radical (unpaired) electrons. The van der Waals surface area contributed by atoms with Gasteiger partial charge >= 0.3 is 0 Å². The molecule has 0 atom stereocenters. The number of aromatic nitrogens is 2. The second-order valence-electron chi connectivity index (χ2n) is 6.63. The van der Waals surface area contributed by atoms with Crippen LogP contribution in [0, 0.1) is 13.8 Å². The third-order valence-corrected chi connectivity index (χ3v) is 4.42. The van der Waals surface area contributed by atoms with E-state index in [1.165, 1.54) is 37.3 Å². The topological polar surface area (TPSA) is 33.1 Å². The molecule has 4 heteroatoms. The molecule has 0 aliphatic carbocycles. The van der Waals surface area contributed by atoms with Gasteiger partial charge in [-0.2, -0.15) is 5.10 Å². The van der Waals surface area contributed by atoms with Crippen molar-refractivity contribution in [2.24, 2.45) is 0 Å². The van der Waals surface area contributed by atoms with Crippen LogP contribution >= 0.6 is 0 Å². The quantitative estimate of drug-likeness (QED) is 0.916. The molecule has 1 aromatic rings. The summed E-state index contributed by atoms with van der Waals surface area (Å²) in [4.78, 5) is 2.56. The molecule has 0 bridgehead atoms. The summed E-state index contributed by atoms with van der Waals surface area (Å²) in [6.45, 7) is 15.6. The van der Waals surface area contributed by atoms with Crippen molar-refractivity contribution in [3.63, 3.8) is 0 Å². The zero-order valence-corrected chi connectivity index (χ0v) is 13.9.